The lowest BCUT2D eigenvalue weighted by Gasteiger charge is -2.09. The van der Waals surface area contributed by atoms with E-state index in [1.165, 1.54) is 0 Å². The van der Waals surface area contributed by atoms with E-state index >= 15 is 0 Å². The van der Waals surface area contributed by atoms with Crippen molar-refractivity contribution in [3.63, 3.8) is 0 Å². The van der Waals surface area contributed by atoms with Crippen LogP contribution < -0.4 is 25.7 Å². The maximum absolute atomic E-state index is 12.3. The number of ether oxygens (including phenoxy) is 1. The van der Waals surface area contributed by atoms with Crippen molar-refractivity contribution < 1.29 is 19.2 Å². The molecule has 0 saturated carbocycles. The van der Waals surface area contributed by atoms with Crippen LogP contribution >= 0.6 is 0 Å². The molecule has 138 valence electrons. The van der Waals surface area contributed by atoms with Crippen LogP contribution in [0.5, 0.6) is 11.5 Å². The predicted molar refractivity (Wildman–Crippen MR) is 99.3 cm³/mol. The Labute approximate surface area is 152 Å². The van der Waals surface area contributed by atoms with Crippen molar-refractivity contribution >= 4 is 17.5 Å². The highest BCUT2D eigenvalue weighted by molar-refractivity contribution is 6.04. The lowest BCUT2D eigenvalue weighted by molar-refractivity contribution is -0.122. The number of amides is 2. The van der Waals surface area contributed by atoms with Gasteiger partial charge in [0.05, 0.1) is 0 Å². The lowest BCUT2D eigenvalue weighted by Crippen LogP contribution is -2.28. The molecule has 0 saturated heterocycles. The van der Waals surface area contributed by atoms with E-state index < -0.39 is 0 Å². The number of hydrogen-bond donors (Lipinski definition) is 3. The average Bonchev–Trinajstić information content (AvgIpc) is 2.66. The van der Waals surface area contributed by atoms with Gasteiger partial charge in [0.1, 0.15) is 11.5 Å². The molecule has 0 atom stereocenters. The van der Waals surface area contributed by atoms with Gasteiger partial charge in [0, 0.05) is 24.3 Å². The second-order valence-corrected chi connectivity index (χ2v) is 5.35. The highest BCUT2D eigenvalue weighted by Crippen LogP contribution is 2.17. The van der Waals surface area contributed by atoms with Crippen molar-refractivity contribution in [1.29, 1.82) is 0 Å². The van der Waals surface area contributed by atoms with Crippen LogP contribution in [0.2, 0.25) is 0 Å². The van der Waals surface area contributed by atoms with Gasteiger partial charge in [-0.15, -0.1) is 0 Å². The van der Waals surface area contributed by atoms with Crippen molar-refractivity contribution in [3.05, 3.63) is 54.1 Å². The maximum Gasteiger partial charge on any atom is 0.257 e. The second-order valence-electron chi connectivity index (χ2n) is 5.35. The number of nitrogens with one attached hydrogen (secondary N) is 3. The number of likely N-dealkylation sites (N-methyl/N-ethyl adjacent to an activating group) is 1. The predicted octanol–water partition coefficient (Wildman–Crippen LogP) is 2.36. The van der Waals surface area contributed by atoms with Gasteiger partial charge in [-0.1, -0.05) is 0 Å². The maximum atomic E-state index is 12.3. The topological polar surface area (TPSA) is 88.7 Å². The Morgan fingerprint density at radius 3 is 2.15 bits per heavy atom. The van der Waals surface area contributed by atoms with Crippen LogP contribution in [-0.4, -0.2) is 31.5 Å². The molecule has 7 nitrogen and oxygen atoms in total. The number of carbonyl (C=O) groups is 2. The molecular formula is C19H23N3O4. The molecule has 0 aliphatic carbocycles. The molecule has 7 heteroatoms. The van der Waals surface area contributed by atoms with Gasteiger partial charge >= 0.3 is 0 Å². The highest BCUT2D eigenvalue weighted by atomic mass is 16.6. The SMILES string of the molecule is CCNOc1ccc(C(=O)Nc2ccc(OCC(=O)NCC)cc2)cc1. The fourth-order valence-corrected chi connectivity index (χ4v) is 2.06. The van der Waals surface area contributed by atoms with Crippen LogP contribution in [0.3, 0.4) is 0 Å². The first-order chi connectivity index (χ1) is 12.6. The number of carbonyl (C=O) groups excluding carboxylic acids is 2. The molecule has 2 rings (SSSR count). The van der Waals surface area contributed by atoms with Gasteiger partial charge in [0.15, 0.2) is 6.61 Å². The summed E-state index contributed by atoms with van der Waals surface area (Å²) in [6.07, 6.45) is 0. The van der Waals surface area contributed by atoms with Crippen molar-refractivity contribution in [2.45, 2.75) is 13.8 Å². The molecule has 0 radical (unpaired) electrons. The monoisotopic (exact) mass is 357 g/mol. The molecule has 26 heavy (non-hydrogen) atoms. The van der Waals surface area contributed by atoms with Gasteiger partial charge in [-0.25, -0.2) is 0 Å². The summed E-state index contributed by atoms with van der Waals surface area (Å²) in [5, 5.41) is 5.46. The Bertz CT molecular complexity index is 715. The van der Waals surface area contributed by atoms with E-state index in [1.807, 2.05) is 13.8 Å². The van der Waals surface area contributed by atoms with Crippen molar-refractivity contribution in [1.82, 2.24) is 10.8 Å². The van der Waals surface area contributed by atoms with E-state index in [4.69, 9.17) is 9.57 Å². The van der Waals surface area contributed by atoms with Crippen LogP contribution in [-0.2, 0) is 4.79 Å². The van der Waals surface area contributed by atoms with Crippen LogP contribution in [0.4, 0.5) is 5.69 Å². The van der Waals surface area contributed by atoms with Gasteiger partial charge < -0.3 is 20.2 Å². The molecule has 2 aromatic carbocycles. The molecule has 0 aromatic heterocycles. The Hall–Kier alpha value is -3.06. The standard InChI is InChI=1S/C19H23N3O4/c1-3-20-18(23)13-25-16-11-7-15(8-12-16)22-19(24)14-5-9-17(10-6-14)26-21-4-2/h5-12,21H,3-4,13H2,1-2H3,(H,20,23)(H,22,24). The quantitative estimate of drug-likeness (QED) is 0.600. The average molecular weight is 357 g/mol. The first-order valence-electron chi connectivity index (χ1n) is 8.43. The van der Waals surface area contributed by atoms with E-state index in [1.54, 1.807) is 48.5 Å². The molecule has 0 bridgehead atoms. The zero-order chi connectivity index (χ0) is 18.8. The fourth-order valence-electron chi connectivity index (χ4n) is 2.06. The van der Waals surface area contributed by atoms with E-state index in [-0.39, 0.29) is 18.4 Å². The zero-order valence-corrected chi connectivity index (χ0v) is 14.9. The third kappa shape index (κ3) is 6.10. The second kappa shape index (κ2) is 10.0. The van der Waals surface area contributed by atoms with Gasteiger partial charge in [-0.05, 0) is 62.4 Å². The third-order valence-electron chi connectivity index (χ3n) is 3.31. The first kappa shape index (κ1) is 19.3. The number of rotatable bonds is 9. The molecule has 0 aliphatic heterocycles. The minimum Gasteiger partial charge on any atom is -0.484 e. The van der Waals surface area contributed by atoms with Crippen molar-refractivity contribution in [2.24, 2.45) is 0 Å². The Balaban J connectivity index is 1.87. The summed E-state index contributed by atoms with van der Waals surface area (Å²) in [7, 11) is 0. The number of hydrogen-bond acceptors (Lipinski definition) is 5. The van der Waals surface area contributed by atoms with Gasteiger partial charge in [0.2, 0.25) is 0 Å². The summed E-state index contributed by atoms with van der Waals surface area (Å²) in [6, 6.07) is 13.6. The molecule has 0 spiro atoms. The first-order valence-corrected chi connectivity index (χ1v) is 8.43. The summed E-state index contributed by atoms with van der Waals surface area (Å²) in [5.41, 5.74) is 3.90. The van der Waals surface area contributed by atoms with Gasteiger partial charge in [0.25, 0.3) is 11.8 Å². The Morgan fingerprint density at radius 2 is 1.54 bits per heavy atom. The molecule has 0 heterocycles. The minimum absolute atomic E-state index is 0.0408. The van der Waals surface area contributed by atoms with E-state index in [0.717, 1.165) is 0 Å². The van der Waals surface area contributed by atoms with E-state index in [9.17, 15) is 9.59 Å². The zero-order valence-electron chi connectivity index (χ0n) is 14.9. The van der Waals surface area contributed by atoms with Crippen LogP contribution in [0.25, 0.3) is 0 Å². The largest absolute Gasteiger partial charge is 0.484 e. The lowest BCUT2D eigenvalue weighted by atomic mass is 10.2. The summed E-state index contributed by atoms with van der Waals surface area (Å²) in [5.74, 6) is 0.790. The summed E-state index contributed by atoms with van der Waals surface area (Å²) < 4.78 is 5.37. The summed E-state index contributed by atoms with van der Waals surface area (Å²) in [4.78, 5) is 28.9. The molecule has 2 amide bonds. The number of benzene rings is 2. The van der Waals surface area contributed by atoms with E-state index in [2.05, 4.69) is 16.1 Å². The minimum atomic E-state index is -0.226. The smallest absolute Gasteiger partial charge is 0.257 e. The van der Waals surface area contributed by atoms with E-state index in [0.29, 0.717) is 35.8 Å². The summed E-state index contributed by atoms with van der Waals surface area (Å²) >= 11 is 0. The molecular weight excluding hydrogens is 334 g/mol. The number of anilines is 1. The molecule has 2 aromatic rings. The molecule has 0 unspecified atom stereocenters. The molecule has 0 fully saturated rings. The Kier molecular flexibility index (Phi) is 7.45. The highest BCUT2D eigenvalue weighted by Gasteiger charge is 2.07. The molecule has 0 aliphatic rings. The third-order valence-corrected chi connectivity index (χ3v) is 3.31. The normalized spacial score (nSPS) is 10.1. The van der Waals surface area contributed by atoms with Crippen LogP contribution in [0.15, 0.2) is 48.5 Å². The Morgan fingerprint density at radius 1 is 0.885 bits per heavy atom. The van der Waals surface area contributed by atoms with Crippen molar-refractivity contribution in [3.8, 4) is 11.5 Å². The van der Waals surface area contributed by atoms with Crippen molar-refractivity contribution in [2.75, 3.05) is 25.0 Å². The van der Waals surface area contributed by atoms with Crippen LogP contribution in [0.1, 0.15) is 24.2 Å². The van der Waals surface area contributed by atoms with Gasteiger partial charge in [-0.3, -0.25) is 9.59 Å². The molecule has 3 N–H and O–H groups in total. The summed E-state index contributed by atoms with van der Waals surface area (Å²) in [6.45, 7) is 4.98. The van der Waals surface area contributed by atoms with Crippen LogP contribution in [0, 0.1) is 0 Å². The fraction of sp³-hybridized carbons (Fsp3) is 0.263. The van der Waals surface area contributed by atoms with Gasteiger partial charge in [-0.2, -0.15) is 5.48 Å². The number of hydroxylamine groups is 1.